The van der Waals surface area contributed by atoms with E-state index >= 15 is 0 Å². The molecule has 0 radical (unpaired) electrons. The topological polar surface area (TPSA) is 68.9 Å². The van der Waals surface area contributed by atoms with Crippen molar-refractivity contribution in [3.63, 3.8) is 0 Å². The molecule has 6 heteroatoms. The van der Waals surface area contributed by atoms with Crippen LogP contribution < -0.4 is 10.9 Å². The van der Waals surface area contributed by atoms with Crippen molar-refractivity contribution < 1.29 is 4.79 Å². The summed E-state index contributed by atoms with van der Waals surface area (Å²) in [6.45, 7) is 2.38. The van der Waals surface area contributed by atoms with Gasteiger partial charge in [-0.25, -0.2) is 4.68 Å². The van der Waals surface area contributed by atoms with Gasteiger partial charge in [-0.05, 0) is 30.7 Å². The summed E-state index contributed by atoms with van der Waals surface area (Å²) < 4.78 is 3.24. The standard InChI is InChI=1S/C26H22N4O2/c1-18-11-13-20(14-12-18)28-24(31)17-30-26(32)25-22(15-27-30)21-9-5-6-10-23(21)29(25)16-19-7-3-2-4-8-19/h2-15H,16-17H2,1H3,(H,28,31). The normalized spacial score (nSPS) is 11.2. The maximum absolute atomic E-state index is 13.4. The number of nitrogens with one attached hydrogen (secondary N) is 1. The zero-order valence-electron chi connectivity index (χ0n) is 17.7. The molecule has 158 valence electrons. The number of hydrogen-bond acceptors (Lipinski definition) is 3. The summed E-state index contributed by atoms with van der Waals surface area (Å²) >= 11 is 0. The fraction of sp³-hybridized carbons (Fsp3) is 0.115. The molecule has 2 heterocycles. The molecule has 1 N–H and O–H groups in total. The van der Waals surface area contributed by atoms with Crippen LogP contribution in [0.4, 0.5) is 5.69 Å². The van der Waals surface area contributed by atoms with Crippen LogP contribution in [0.15, 0.2) is 89.9 Å². The summed E-state index contributed by atoms with van der Waals surface area (Å²) in [6, 6.07) is 25.5. The maximum Gasteiger partial charge on any atom is 0.291 e. The van der Waals surface area contributed by atoms with Crippen molar-refractivity contribution in [3.8, 4) is 0 Å². The zero-order valence-corrected chi connectivity index (χ0v) is 17.7. The number of carbonyl (C=O) groups excluding carboxylic acids is 1. The summed E-state index contributed by atoms with van der Waals surface area (Å²) in [6.07, 6.45) is 1.68. The Hall–Kier alpha value is -4.19. The van der Waals surface area contributed by atoms with E-state index < -0.39 is 0 Å². The molecule has 2 aromatic heterocycles. The van der Waals surface area contributed by atoms with Crippen molar-refractivity contribution in [1.29, 1.82) is 0 Å². The van der Waals surface area contributed by atoms with Gasteiger partial charge < -0.3 is 9.88 Å². The van der Waals surface area contributed by atoms with Gasteiger partial charge in [0.1, 0.15) is 12.1 Å². The number of nitrogens with zero attached hydrogens (tertiary/aromatic N) is 3. The molecule has 32 heavy (non-hydrogen) atoms. The lowest BCUT2D eigenvalue weighted by molar-refractivity contribution is -0.117. The number of fused-ring (bicyclic) bond motifs is 3. The molecule has 0 aliphatic carbocycles. The molecule has 3 aromatic carbocycles. The van der Waals surface area contributed by atoms with E-state index in [0.29, 0.717) is 17.7 Å². The van der Waals surface area contributed by atoms with E-state index in [2.05, 4.69) is 10.4 Å². The Labute approximate surface area is 184 Å². The zero-order chi connectivity index (χ0) is 22.1. The molecule has 0 aliphatic heterocycles. The highest BCUT2D eigenvalue weighted by molar-refractivity contribution is 6.07. The molecule has 1 amide bonds. The van der Waals surface area contributed by atoms with E-state index in [1.807, 2.05) is 90.4 Å². The average Bonchev–Trinajstić information content (AvgIpc) is 3.12. The van der Waals surface area contributed by atoms with E-state index in [1.165, 1.54) is 4.68 Å². The summed E-state index contributed by atoms with van der Waals surface area (Å²) in [7, 11) is 0. The molecule has 6 nitrogen and oxygen atoms in total. The van der Waals surface area contributed by atoms with Crippen molar-refractivity contribution in [1.82, 2.24) is 14.3 Å². The molecule has 0 aliphatic rings. The van der Waals surface area contributed by atoms with Crippen molar-refractivity contribution in [2.24, 2.45) is 0 Å². The minimum absolute atomic E-state index is 0.157. The molecule has 0 bridgehead atoms. The Balaban J connectivity index is 1.55. The van der Waals surface area contributed by atoms with Gasteiger partial charge in [-0.1, -0.05) is 66.2 Å². The third-order valence-corrected chi connectivity index (χ3v) is 5.59. The second-order valence-electron chi connectivity index (χ2n) is 7.87. The predicted octanol–water partition coefficient (Wildman–Crippen LogP) is 4.35. The Morgan fingerprint density at radius 2 is 1.62 bits per heavy atom. The number of benzene rings is 3. The first-order chi connectivity index (χ1) is 15.6. The number of aromatic nitrogens is 3. The van der Waals surface area contributed by atoms with Crippen molar-refractivity contribution in [3.05, 3.63) is 107 Å². The van der Waals surface area contributed by atoms with Crippen LogP contribution in [0.1, 0.15) is 11.1 Å². The molecule has 0 saturated carbocycles. The van der Waals surface area contributed by atoms with E-state index in [1.54, 1.807) is 6.20 Å². The molecule has 5 rings (SSSR count). The third-order valence-electron chi connectivity index (χ3n) is 5.59. The number of para-hydroxylation sites is 1. The van der Waals surface area contributed by atoms with Gasteiger partial charge in [-0.2, -0.15) is 5.10 Å². The Bertz CT molecular complexity index is 1480. The van der Waals surface area contributed by atoms with E-state index in [4.69, 9.17) is 0 Å². The van der Waals surface area contributed by atoms with Crippen LogP contribution in [0.25, 0.3) is 21.8 Å². The van der Waals surface area contributed by atoms with E-state index in [9.17, 15) is 9.59 Å². The second kappa shape index (κ2) is 8.15. The Kier molecular flexibility index (Phi) is 5.03. The Morgan fingerprint density at radius 1 is 0.906 bits per heavy atom. The molecule has 0 fully saturated rings. The van der Waals surface area contributed by atoms with Crippen LogP contribution in [0, 0.1) is 6.92 Å². The first kappa shape index (κ1) is 19.8. The molecular weight excluding hydrogens is 400 g/mol. The maximum atomic E-state index is 13.4. The predicted molar refractivity (Wildman–Crippen MR) is 127 cm³/mol. The second-order valence-corrected chi connectivity index (χ2v) is 7.87. The largest absolute Gasteiger partial charge is 0.331 e. The highest BCUT2D eigenvalue weighted by atomic mass is 16.2. The molecule has 0 atom stereocenters. The van der Waals surface area contributed by atoms with Crippen molar-refractivity contribution in [2.45, 2.75) is 20.0 Å². The van der Waals surface area contributed by atoms with Crippen molar-refractivity contribution in [2.75, 3.05) is 5.32 Å². The fourth-order valence-corrected chi connectivity index (χ4v) is 4.01. The number of anilines is 1. The SMILES string of the molecule is Cc1ccc(NC(=O)Cn2ncc3c4ccccc4n(Cc4ccccc4)c3c2=O)cc1. The number of carbonyl (C=O) groups is 1. The lowest BCUT2D eigenvalue weighted by Gasteiger charge is -2.09. The fourth-order valence-electron chi connectivity index (χ4n) is 4.01. The monoisotopic (exact) mass is 422 g/mol. The van der Waals surface area contributed by atoms with E-state index in [-0.39, 0.29) is 18.0 Å². The van der Waals surface area contributed by atoms with Gasteiger partial charge in [0.05, 0.1) is 6.20 Å². The van der Waals surface area contributed by atoms with Crippen LogP contribution in [-0.4, -0.2) is 20.3 Å². The average molecular weight is 422 g/mol. The minimum Gasteiger partial charge on any atom is -0.331 e. The lowest BCUT2D eigenvalue weighted by atomic mass is 10.2. The van der Waals surface area contributed by atoms with Gasteiger partial charge in [-0.3, -0.25) is 9.59 Å². The lowest BCUT2D eigenvalue weighted by Crippen LogP contribution is -2.30. The smallest absolute Gasteiger partial charge is 0.291 e. The highest BCUT2D eigenvalue weighted by Crippen LogP contribution is 2.27. The van der Waals surface area contributed by atoms with Crippen LogP contribution in [0.5, 0.6) is 0 Å². The molecule has 0 unspecified atom stereocenters. The van der Waals surface area contributed by atoms with Gasteiger partial charge in [0, 0.05) is 28.5 Å². The summed E-state index contributed by atoms with van der Waals surface area (Å²) in [4.78, 5) is 26.0. The van der Waals surface area contributed by atoms with Crippen LogP contribution in [-0.2, 0) is 17.9 Å². The Morgan fingerprint density at radius 3 is 2.41 bits per heavy atom. The summed E-state index contributed by atoms with van der Waals surface area (Å²) in [5.41, 5.74) is 4.12. The first-order valence-electron chi connectivity index (χ1n) is 10.5. The first-order valence-corrected chi connectivity index (χ1v) is 10.5. The molecule has 0 saturated heterocycles. The number of hydrogen-bond donors (Lipinski definition) is 1. The number of amides is 1. The van der Waals surface area contributed by atoms with Gasteiger partial charge in [-0.15, -0.1) is 0 Å². The highest BCUT2D eigenvalue weighted by Gasteiger charge is 2.17. The summed E-state index contributed by atoms with van der Waals surface area (Å²) in [5, 5.41) is 8.89. The van der Waals surface area contributed by atoms with E-state index in [0.717, 1.165) is 27.4 Å². The van der Waals surface area contributed by atoms with Crippen LogP contribution in [0.2, 0.25) is 0 Å². The molecular formula is C26H22N4O2. The van der Waals surface area contributed by atoms with Gasteiger partial charge in [0.15, 0.2) is 0 Å². The minimum atomic E-state index is -0.298. The van der Waals surface area contributed by atoms with Gasteiger partial charge in [0.2, 0.25) is 5.91 Å². The third kappa shape index (κ3) is 3.67. The number of rotatable bonds is 5. The van der Waals surface area contributed by atoms with Gasteiger partial charge in [0.25, 0.3) is 5.56 Å². The van der Waals surface area contributed by atoms with Crippen LogP contribution >= 0.6 is 0 Å². The number of aryl methyl sites for hydroxylation is 1. The molecule has 0 spiro atoms. The van der Waals surface area contributed by atoms with Gasteiger partial charge >= 0.3 is 0 Å². The quantitative estimate of drug-likeness (QED) is 0.458. The van der Waals surface area contributed by atoms with Crippen molar-refractivity contribution >= 4 is 33.4 Å². The summed E-state index contributed by atoms with van der Waals surface area (Å²) in [5.74, 6) is -0.298. The molecule has 5 aromatic rings. The van der Waals surface area contributed by atoms with Crippen LogP contribution in [0.3, 0.4) is 0 Å².